The Bertz CT molecular complexity index is 992. The van der Waals surface area contributed by atoms with Crippen molar-refractivity contribution in [3.05, 3.63) is 41.1 Å². The lowest BCUT2D eigenvalue weighted by Gasteiger charge is -2.39. The zero-order chi connectivity index (χ0) is 26.4. The number of carbonyl (C=O) groups is 1. The summed E-state index contributed by atoms with van der Waals surface area (Å²) < 4.78 is 28.6. The molecule has 0 unspecified atom stereocenters. The van der Waals surface area contributed by atoms with Crippen molar-refractivity contribution in [3.8, 4) is 11.6 Å². The van der Waals surface area contributed by atoms with Crippen LogP contribution in [-0.2, 0) is 20.6 Å². The van der Waals surface area contributed by atoms with E-state index in [1.54, 1.807) is 11.6 Å². The van der Waals surface area contributed by atoms with Gasteiger partial charge in [-0.25, -0.2) is 4.79 Å². The summed E-state index contributed by atoms with van der Waals surface area (Å²) in [7, 11) is 0. The van der Waals surface area contributed by atoms with Crippen LogP contribution in [0, 0.1) is 6.92 Å². The summed E-state index contributed by atoms with van der Waals surface area (Å²) in [6, 6.07) is 7.73. The standard InChI is InChI=1S/C25H36N2O9/c1-6-32-17-10-8-16(9-11-17)12-18-15(5)27(14(3)4)26-23(18)36-24-22(30)21(29)20(28)19(35-24)13-34-25(31)33-7-2/h8-11,14,19-22,24,28-30H,6-7,12-13H2,1-5H3/t19-,20-,21+,22-,24+/m1/s1. The van der Waals surface area contributed by atoms with E-state index >= 15 is 0 Å². The quantitative estimate of drug-likeness (QED) is 0.409. The number of hydrogen-bond acceptors (Lipinski definition) is 10. The first-order valence-electron chi connectivity index (χ1n) is 12.1. The molecule has 0 spiro atoms. The third kappa shape index (κ3) is 6.47. The van der Waals surface area contributed by atoms with Gasteiger partial charge < -0.3 is 39.0 Å². The average molecular weight is 509 g/mol. The summed E-state index contributed by atoms with van der Waals surface area (Å²) in [6.45, 7) is 9.74. The predicted octanol–water partition coefficient (Wildman–Crippen LogP) is 2.12. The van der Waals surface area contributed by atoms with Crippen LogP contribution in [0.3, 0.4) is 0 Å². The molecule has 0 radical (unpaired) electrons. The molecule has 11 nitrogen and oxygen atoms in total. The number of benzene rings is 1. The van der Waals surface area contributed by atoms with Crippen LogP contribution in [0.2, 0.25) is 0 Å². The molecule has 1 aromatic heterocycles. The van der Waals surface area contributed by atoms with E-state index in [0.717, 1.165) is 22.6 Å². The number of rotatable bonds is 10. The van der Waals surface area contributed by atoms with Gasteiger partial charge in [0.2, 0.25) is 12.2 Å². The lowest BCUT2D eigenvalue weighted by molar-refractivity contribution is -0.278. The first-order valence-corrected chi connectivity index (χ1v) is 12.1. The summed E-state index contributed by atoms with van der Waals surface area (Å²) in [5, 5.41) is 35.8. The van der Waals surface area contributed by atoms with E-state index in [1.807, 2.05) is 52.0 Å². The van der Waals surface area contributed by atoms with Crippen molar-refractivity contribution >= 4 is 6.16 Å². The molecule has 2 aromatic rings. The normalized spacial score (nSPS) is 24.0. The van der Waals surface area contributed by atoms with Gasteiger partial charge in [-0.05, 0) is 52.3 Å². The number of hydrogen-bond donors (Lipinski definition) is 3. The highest BCUT2D eigenvalue weighted by Gasteiger charge is 2.46. The predicted molar refractivity (Wildman–Crippen MR) is 128 cm³/mol. The van der Waals surface area contributed by atoms with E-state index in [2.05, 4.69) is 5.10 Å². The van der Waals surface area contributed by atoms with Crippen LogP contribution in [-0.4, -0.2) is 81.8 Å². The second kappa shape index (κ2) is 12.4. The largest absolute Gasteiger partial charge is 0.508 e. The Kier molecular flexibility index (Phi) is 9.55. The molecule has 0 aliphatic carbocycles. The van der Waals surface area contributed by atoms with Crippen molar-refractivity contribution in [1.29, 1.82) is 0 Å². The fourth-order valence-corrected chi connectivity index (χ4v) is 3.97. The highest BCUT2D eigenvalue weighted by Crippen LogP contribution is 2.31. The van der Waals surface area contributed by atoms with Crippen LogP contribution in [0.15, 0.2) is 24.3 Å². The first kappa shape index (κ1) is 27.7. The van der Waals surface area contributed by atoms with Gasteiger partial charge in [-0.1, -0.05) is 12.1 Å². The van der Waals surface area contributed by atoms with Gasteiger partial charge in [0.05, 0.1) is 13.2 Å². The third-order valence-electron chi connectivity index (χ3n) is 5.87. The van der Waals surface area contributed by atoms with Gasteiger partial charge in [0.1, 0.15) is 36.8 Å². The Balaban J connectivity index is 1.82. The Labute approximate surface area is 210 Å². The molecule has 200 valence electrons. The smallest absolute Gasteiger partial charge is 0.494 e. The van der Waals surface area contributed by atoms with Gasteiger partial charge in [-0.3, -0.25) is 4.68 Å². The zero-order valence-corrected chi connectivity index (χ0v) is 21.3. The molecule has 0 saturated carbocycles. The van der Waals surface area contributed by atoms with Crippen LogP contribution < -0.4 is 9.47 Å². The molecule has 1 fully saturated rings. The van der Waals surface area contributed by atoms with Crippen molar-refractivity contribution in [2.75, 3.05) is 19.8 Å². The lowest BCUT2D eigenvalue weighted by atomic mass is 9.99. The lowest BCUT2D eigenvalue weighted by Crippen LogP contribution is -2.60. The molecular weight excluding hydrogens is 472 g/mol. The fourth-order valence-electron chi connectivity index (χ4n) is 3.97. The van der Waals surface area contributed by atoms with E-state index in [4.69, 9.17) is 23.7 Å². The number of aromatic nitrogens is 2. The number of nitrogens with zero attached hydrogens (tertiary/aromatic N) is 2. The molecule has 1 aliphatic heterocycles. The van der Waals surface area contributed by atoms with Gasteiger partial charge in [-0.15, -0.1) is 5.10 Å². The Morgan fingerprint density at radius 1 is 1.06 bits per heavy atom. The molecule has 3 N–H and O–H groups in total. The summed E-state index contributed by atoms with van der Waals surface area (Å²) in [5.74, 6) is 1.00. The van der Waals surface area contributed by atoms with Crippen molar-refractivity contribution in [2.45, 2.75) is 77.8 Å². The maximum Gasteiger partial charge on any atom is 0.508 e. The first-order chi connectivity index (χ1) is 17.2. The second-order valence-electron chi connectivity index (χ2n) is 8.79. The van der Waals surface area contributed by atoms with Crippen molar-refractivity contribution in [2.24, 2.45) is 0 Å². The number of ether oxygens (including phenoxy) is 5. The number of aliphatic hydroxyl groups excluding tert-OH is 3. The van der Waals surface area contributed by atoms with Crippen LogP contribution in [0.1, 0.15) is 50.6 Å². The van der Waals surface area contributed by atoms with E-state index in [-0.39, 0.29) is 18.5 Å². The number of aliphatic hydroxyl groups is 3. The molecule has 0 bridgehead atoms. The second-order valence-corrected chi connectivity index (χ2v) is 8.79. The van der Waals surface area contributed by atoms with E-state index in [9.17, 15) is 20.1 Å². The van der Waals surface area contributed by atoms with Gasteiger partial charge in [0.25, 0.3) is 0 Å². The molecule has 1 aliphatic rings. The maximum absolute atomic E-state index is 11.5. The van der Waals surface area contributed by atoms with Crippen molar-refractivity contribution in [1.82, 2.24) is 9.78 Å². The number of carbonyl (C=O) groups excluding carboxylic acids is 1. The molecule has 11 heteroatoms. The molecule has 5 atom stereocenters. The monoisotopic (exact) mass is 508 g/mol. The van der Waals surface area contributed by atoms with E-state index in [0.29, 0.717) is 13.0 Å². The molecular formula is C25H36N2O9. The summed E-state index contributed by atoms with van der Waals surface area (Å²) in [4.78, 5) is 11.5. The fraction of sp³-hybridized carbons (Fsp3) is 0.600. The minimum Gasteiger partial charge on any atom is -0.494 e. The van der Waals surface area contributed by atoms with Crippen LogP contribution in [0.25, 0.3) is 0 Å². The minimum absolute atomic E-state index is 0.0387. The molecule has 36 heavy (non-hydrogen) atoms. The van der Waals surface area contributed by atoms with Gasteiger partial charge in [0.15, 0.2) is 0 Å². The third-order valence-corrected chi connectivity index (χ3v) is 5.87. The van der Waals surface area contributed by atoms with E-state index < -0.39 is 43.5 Å². The Hall–Kier alpha value is -2.86. The van der Waals surface area contributed by atoms with Crippen LogP contribution >= 0.6 is 0 Å². The topological polar surface area (TPSA) is 142 Å². The highest BCUT2D eigenvalue weighted by molar-refractivity contribution is 5.59. The summed E-state index contributed by atoms with van der Waals surface area (Å²) in [5.41, 5.74) is 2.65. The Morgan fingerprint density at radius 2 is 1.75 bits per heavy atom. The van der Waals surface area contributed by atoms with Crippen LogP contribution in [0.5, 0.6) is 11.6 Å². The van der Waals surface area contributed by atoms with Crippen molar-refractivity contribution < 1.29 is 43.8 Å². The molecule has 0 amide bonds. The summed E-state index contributed by atoms with van der Waals surface area (Å²) in [6.07, 6.45) is -7.63. The maximum atomic E-state index is 11.5. The summed E-state index contributed by atoms with van der Waals surface area (Å²) >= 11 is 0. The molecule has 1 saturated heterocycles. The van der Waals surface area contributed by atoms with Gasteiger partial charge >= 0.3 is 6.16 Å². The zero-order valence-electron chi connectivity index (χ0n) is 21.3. The molecule has 2 heterocycles. The SMILES string of the molecule is CCOC(=O)OC[C@H]1O[C@@H](Oc2nn(C(C)C)c(C)c2Cc2ccc(OCC)cc2)[C@H](O)[C@@H](O)[C@@H]1O. The average Bonchev–Trinajstić information content (AvgIpc) is 3.15. The Morgan fingerprint density at radius 3 is 2.36 bits per heavy atom. The van der Waals surface area contributed by atoms with E-state index in [1.165, 1.54) is 0 Å². The van der Waals surface area contributed by atoms with Gasteiger partial charge in [0, 0.05) is 23.7 Å². The highest BCUT2D eigenvalue weighted by atomic mass is 16.7. The van der Waals surface area contributed by atoms with Crippen LogP contribution in [0.4, 0.5) is 4.79 Å². The molecule has 3 rings (SSSR count). The molecule has 1 aromatic carbocycles. The minimum atomic E-state index is -1.60. The van der Waals surface area contributed by atoms with Crippen molar-refractivity contribution in [3.63, 3.8) is 0 Å². The van der Waals surface area contributed by atoms with Gasteiger partial charge in [-0.2, -0.15) is 0 Å².